The number of carbonyl (C=O) groups is 9. The van der Waals surface area contributed by atoms with E-state index in [1.165, 1.54) is 30.3 Å². The number of halogens is 2. The molecule has 17 bridgehead atoms. The highest BCUT2D eigenvalue weighted by atomic mass is 35.5. The average Bonchev–Trinajstić information content (AvgIpc) is 0.754. The third-order valence-corrected chi connectivity index (χ3v) is 24.1. The zero-order valence-electron chi connectivity index (χ0n) is 70.4. The van der Waals surface area contributed by atoms with Crippen molar-refractivity contribution in [2.24, 2.45) is 5.73 Å². The van der Waals surface area contributed by atoms with E-state index >= 15 is 24.0 Å². The van der Waals surface area contributed by atoms with Gasteiger partial charge in [0.25, 0.3) is 0 Å². The zero-order chi connectivity index (χ0) is 95.6. The van der Waals surface area contributed by atoms with E-state index in [2.05, 4.69) is 42.5 Å². The second-order valence-electron chi connectivity index (χ2n) is 32.9. The maximum atomic E-state index is 17.0. The van der Waals surface area contributed by atoms with Crippen LogP contribution in [-0.4, -0.2) is 265 Å². The van der Waals surface area contributed by atoms with Gasteiger partial charge in [0.15, 0.2) is 35.3 Å². The van der Waals surface area contributed by atoms with Gasteiger partial charge >= 0.3 is 5.97 Å². The lowest BCUT2D eigenvalue weighted by Crippen LogP contribution is -2.65. The Balaban J connectivity index is 1.04. The number of phenols is 4. The Kier molecular flexibility index (Phi) is 30.0. The number of rotatable bonds is 20. The molecule has 26 N–H and O–H groups in total. The molecule has 24 atom stereocenters. The van der Waals surface area contributed by atoms with Gasteiger partial charge in [-0.15, -0.1) is 0 Å². The van der Waals surface area contributed by atoms with E-state index in [1.54, 1.807) is 0 Å². The van der Waals surface area contributed by atoms with Gasteiger partial charge < -0.3 is 173 Å². The first kappa shape index (κ1) is 96.9. The highest BCUT2D eigenvalue weighted by Crippen LogP contribution is 2.51. The lowest BCUT2D eigenvalue weighted by atomic mass is 9.89. The number of ether oxygens (including phenoxy) is 9. The largest absolute Gasteiger partial charge is 0.508 e. The van der Waals surface area contributed by atoms with Gasteiger partial charge in [-0.25, -0.2) is 4.79 Å². The van der Waals surface area contributed by atoms with Crippen molar-refractivity contribution in [1.29, 1.82) is 0 Å². The Hall–Kier alpha value is -12.1. The van der Waals surface area contributed by atoms with Gasteiger partial charge in [-0.05, 0) is 125 Å². The minimum atomic E-state index is -2.60. The standard InChI is InChI=1S/C88H97Cl2N9O34/c1-3-4-5-6-7-40(104)12-17-60(109)94-68-74(114)71(111)58(31-101)130-87(68)133-78-55-25-39-26-56(78)127-52-16-11-37(23-47(52)90)77(132-86-67(92-33(2)103)73(113)70(110)57(30-100)129-86)69-84(122)98-66(85(123)124)45-28-42(106)29-54(128-88-76(116)75(115)72(112)59(32-102)131-88)61(45)44-22-36(10-13-49(44)107)63(81(119)99-69)96-83(121)65(39)97-82(120)64-38-20-41(105)27-43(21-38)125-53-24-35(9-14-50(53)108)62(91)80(118)93-48(79(117)95-64)19-34-8-15-51(126-55)46(89)18-34/h8-11,13-16,18,20-29,40,48,57-59,62-77,86-88,100-102,104-108,110-116H,3-7,12,17,19,30-32,91H2,1-2H3,(H,92,103)(H,93,118)(H,94,109)(H,95,117)(H,96,121)(H,97,120)(H,98,122)(H,99,119)(H,123,124)/t40?,48?,57-,58-,59-,62?,63?,64?,65?,66?,67-,68-,69?,70-,71-,72-,73-,74-,75+,76+,77?,86+,87+,88+/m1/s1. The minimum Gasteiger partial charge on any atom is -0.508 e. The number of nitrogens with two attached hydrogens (primary N) is 1. The third kappa shape index (κ3) is 21.1. The molecule has 712 valence electrons. The Labute approximate surface area is 764 Å². The number of fused-ring (bicyclic) bond motifs is 14. The van der Waals surface area contributed by atoms with Crippen molar-refractivity contribution in [3.8, 4) is 80.1 Å². The predicted molar refractivity (Wildman–Crippen MR) is 455 cm³/mol. The summed E-state index contributed by atoms with van der Waals surface area (Å²) in [6.07, 6.45) is -27.6. The molecule has 9 aliphatic rings. The number of carboxylic acid groups (broad SMARTS) is 1. The van der Waals surface area contributed by atoms with Gasteiger partial charge in [-0.1, -0.05) is 80.1 Å². The van der Waals surface area contributed by atoms with Crippen LogP contribution < -0.4 is 72.0 Å². The van der Waals surface area contributed by atoms with E-state index in [1.807, 2.05) is 6.92 Å². The van der Waals surface area contributed by atoms with E-state index in [-0.39, 0.29) is 39.8 Å². The molecule has 9 aliphatic heterocycles. The summed E-state index contributed by atoms with van der Waals surface area (Å²) in [6.45, 7) is -0.227. The molecular weight excluding hydrogens is 1800 g/mol. The third-order valence-electron chi connectivity index (χ3n) is 23.5. The maximum absolute atomic E-state index is 17.0. The second-order valence-corrected chi connectivity index (χ2v) is 33.7. The number of benzene rings is 7. The molecule has 3 saturated heterocycles. The van der Waals surface area contributed by atoms with Gasteiger partial charge in [0.1, 0.15) is 156 Å². The van der Waals surface area contributed by atoms with Gasteiger partial charge in [-0.3, -0.25) is 38.4 Å². The normalized spacial score (nSPS) is 29.0. The van der Waals surface area contributed by atoms with Crippen LogP contribution in [-0.2, 0) is 68.5 Å². The molecule has 16 rings (SSSR count). The lowest BCUT2D eigenvalue weighted by Gasteiger charge is -2.44. The van der Waals surface area contributed by atoms with Crippen molar-refractivity contribution in [2.75, 3.05) is 19.8 Å². The first-order valence-electron chi connectivity index (χ1n) is 42.2. The quantitative estimate of drug-likeness (QED) is 0.0451. The summed E-state index contributed by atoms with van der Waals surface area (Å²) < 4.78 is 57.3. The minimum absolute atomic E-state index is 0.0187. The summed E-state index contributed by atoms with van der Waals surface area (Å²) in [4.78, 5) is 138. The number of carbonyl (C=O) groups excluding carboxylic acids is 8. The number of phenolic OH excluding ortho intramolecular Hbond substituents is 4. The van der Waals surface area contributed by atoms with Crippen molar-refractivity contribution >= 4 is 76.4 Å². The molecule has 9 heterocycles. The summed E-state index contributed by atoms with van der Waals surface area (Å²) in [5.74, 6) is -20.0. The van der Waals surface area contributed by atoms with E-state index in [9.17, 15) is 101 Å². The summed E-state index contributed by atoms with van der Waals surface area (Å²) >= 11 is 14.7. The molecule has 3 fully saturated rings. The highest BCUT2D eigenvalue weighted by molar-refractivity contribution is 6.32. The molecule has 8 amide bonds. The van der Waals surface area contributed by atoms with Crippen LogP contribution in [0.4, 0.5) is 0 Å². The van der Waals surface area contributed by atoms with Crippen molar-refractivity contribution in [3.63, 3.8) is 0 Å². The monoisotopic (exact) mass is 1890 g/mol. The fraction of sp³-hybridized carbons (Fsp3) is 0.420. The van der Waals surface area contributed by atoms with Crippen LogP contribution >= 0.6 is 23.2 Å². The molecule has 0 saturated carbocycles. The lowest BCUT2D eigenvalue weighted by molar-refractivity contribution is -0.284. The van der Waals surface area contributed by atoms with Gasteiger partial charge in [0.05, 0.1) is 36.0 Å². The molecule has 43 nitrogen and oxygen atoms in total. The van der Waals surface area contributed by atoms with Gasteiger partial charge in [0.2, 0.25) is 65.6 Å². The van der Waals surface area contributed by atoms with Gasteiger partial charge in [0, 0.05) is 48.6 Å². The van der Waals surface area contributed by atoms with Gasteiger partial charge in [-0.2, -0.15) is 0 Å². The average molecular weight is 1900 g/mol. The van der Waals surface area contributed by atoms with Crippen molar-refractivity contribution in [1.82, 2.24) is 42.5 Å². The van der Waals surface area contributed by atoms with Crippen LogP contribution in [0.15, 0.2) is 115 Å². The Morgan fingerprint density at radius 1 is 0.511 bits per heavy atom. The Morgan fingerprint density at radius 3 is 1.71 bits per heavy atom. The number of hydrogen-bond donors (Lipinski definition) is 25. The number of nitrogens with one attached hydrogen (secondary N) is 8. The number of aliphatic hydroxyl groups excluding tert-OH is 11. The fourth-order valence-corrected chi connectivity index (χ4v) is 17.0. The molecular formula is C88H97Cl2N9O34. The number of aromatic hydroxyl groups is 4. The highest BCUT2D eigenvalue weighted by Gasteiger charge is 2.52. The number of carboxylic acids is 1. The Bertz CT molecular complexity index is 5590. The maximum Gasteiger partial charge on any atom is 0.330 e. The molecule has 9 unspecified atom stereocenters. The first-order chi connectivity index (χ1) is 63.4. The zero-order valence-corrected chi connectivity index (χ0v) is 72.0. The molecule has 0 spiro atoms. The number of unbranched alkanes of at least 4 members (excludes halogenated alkanes) is 3. The van der Waals surface area contributed by atoms with Crippen molar-refractivity contribution in [3.05, 3.63) is 164 Å². The summed E-state index contributed by atoms with van der Waals surface area (Å²) in [5, 5.41) is 201. The summed E-state index contributed by atoms with van der Waals surface area (Å²) in [5.41, 5.74) is 2.67. The van der Waals surface area contributed by atoms with Crippen LogP contribution in [0.1, 0.15) is 134 Å². The second kappa shape index (κ2) is 41.2. The number of amides is 8. The van der Waals surface area contributed by atoms with Crippen LogP contribution in [0.5, 0.6) is 69.0 Å². The molecule has 0 aromatic heterocycles. The Morgan fingerprint density at radius 2 is 1.08 bits per heavy atom. The fourth-order valence-electron chi connectivity index (χ4n) is 16.5. The number of aliphatic hydroxyl groups is 11. The summed E-state index contributed by atoms with van der Waals surface area (Å²) in [6, 6.07) is 0.222. The van der Waals surface area contributed by atoms with Crippen molar-refractivity contribution < 1.29 is 167 Å². The topological polar surface area (TPSA) is 683 Å². The molecule has 7 aromatic rings. The predicted octanol–water partition coefficient (Wildman–Crippen LogP) is 0.134. The number of hydrogen-bond acceptors (Lipinski definition) is 34. The molecule has 0 radical (unpaired) electrons. The smallest absolute Gasteiger partial charge is 0.330 e. The van der Waals surface area contributed by atoms with E-state index in [0.29, 0.717) is 12.8 Å². The van der Waals surface area contributed by atoms with Crippen LogP contribution in [0.3, 0.4) is 0 Å². The summed E-state index contributed by atoms with van der Waals surface area (Å²) in [7, 11) is 0. The van der Waals surface area contributed by atoms with Crippen LogP contribution in [0.2, 0.25) is 10.0 Å². The first-order valence-corrected chi connectivity index (χ1v) is 42.9. The van der Waals surface area contributed by atoms with Crippen molar-refractivity contribution in [2.45, 2.75) is 212 Å². The van der Waals surface area contributed by atoms with Crippen LogP contribution in [0.25, 0.3) is 11.1 Å². The molecule has 0 aliphatic carbocycles. The van der Waals surface area contributed by atoms with Crippen LogP contribution in [0, 0.1) is 0 Å². The molecule has 45 heteroatoms. The number of aliphatic carboxylic acids is 1. The van der Waals surface area contributed by atoms with E-state index in [0.717, 1.165) is 111 Å². The molecule has 7 aromatic carbocycles. The SMILES string of the molecule is CCCCCCC(O)CCC(=O)N[C@H]1[C@H](Oc2c3cc4cc2Oc2ccc(cc2Cl)C(O[C@@H]2O[C@H](CO)[C@@H](O)[C@H](O)[C@H]2NC(C)=O)C2NC(=O)C(NC(=O)C4NC(=O)C4NC(=O)C(Cc5ccc(c(Cl)c5)O3)NC(=O)C(N)c3ccc(O)c(c3)Oc3cc(O)cc4c3)c3ccc(O)c(c3)-c3c(O[C@H]4O[C@H](CO)[C@@H](O)[C@H](O)[C@@H]4O)cc(O)cc3C(C(=O)O)NC2=O)O[C@H](CO)[C@@H](O)[C@@H]1O. The van der Waals surface area contributed by atoms with E-state index in [4.69, 9.17) is 71.6 Å². The molecule has 133 heavy (non-hydrogen) atoms. The van der Waals surface area contributed by atoms with E-state index < -0.39 is 328 Å².